The van der Waals surface area contributed by atoms with Crippen LogP contribution < -0.4 is 21.5 Å². The number of nitrogens with zero attached hydrogens (tertiary/aromatic N) is 5. The molecule has 29 heavy (non-hydrogen) atoms. The molecule has 0 radical (unpaired) electrons. The maximum absolute atomic E-state index is 12.1. The van der Waals surface area contributed by atoms with Crippen LogP contribution in [0.1, 0.15) is 35.2 Å². The average molecular weight is 484 g/mol. The van der Waals surface area contributed by atoms with Crippen LogP contribution in [-0.4, -0.2) is 29.9 Å². The minimum absolute atomic E-state index is 0.0204. The van der Waals surface area contributed by atoms with Gasteiger partial charge in [-0.25, -0.2) is 9.89 Å². The van der Waals surface area contributed by atoms with Crippen LogP contribution in [0.15, 0.2) is 31.0 Å². The molecule has 1 atom stereocenters. The number of hydrogen-bond acceptors (Lipinski definition) is 8. The summed E-state index contributed by atoms with van der Waals surface area (Å²) in [5, 5.41) is 18.3. The first-order valence-electron chi connectivity index (χ1n) is 9.20. The lowest BCUT2D eigenvalue weighted by Gasteiger charge is -2.12. The Morgan fingerprint density at radius 1 is 1.38 bits per heavy atom. The normalized spacial score (nSPS) is 13.7. The summed E-state index contributed by atoms with van der Waals surface area (Å²) in [7, 11) is 0. The Balaban J connectivity index is 2.03. The third kappa shape index (κ3) is 4.10. The molecule has 0 saturated carbocycles. The molecule has 0 aliphatic carbocycles. The number of H-pyrrole nitrogens is 2. The van der Waals surface area contributed by atoms with Crippen LogP contribution in [-0.2, 0) is 0 Å². The van der Waals surface area contributed by atoms with Gasteiger partial charge in [0.1, 0.15) is 11.8 Å². The van der Waals surface area contributed by atoms with Crippen molar-refractivity contribution < 1.29 is 8.85 Å². The molecule has 0 amide bonds. The molecule has 2 N–H and O–H groups in total. The molecule has 1 aromatic carbocycles. The van der Waals surface area contributed by atoms with Gasteiger partial charge in [-0.15, -0.1) is 10.2 Å². The van der Waals surface area contributed by atoms with Crippen molar-refractivity contribution in [1.82, 2.24) is 29.9 Å². The van der Waals surface area contributed by atoms with Gasteiger partial charge in [0.2, 0.25) is 5.69 Å². The van der Waals surface area contributed by atoms with Crippen LogP contribution in [0, 0.1) is 11.3 Å². The lowest BCUT2D eigenvalue weighted by Crippen LogP contribution is -2.33. The van der Waals surface area contributed by atoms with E-state index in [4.69, 9.17) is 25.7 Å². The Morgan fingerprint density at radius 2 is 2.14 bits per heavy atom. The minimum Gasteiger partial charge on any atom is -0.420 e. The number of nitrogens with one attached hydrogen (secondary N) is 2. The van der Waals surface area contributed by atoms with Crippen LogP contribution in [0.5, 0.6) is 11.8 Å². The molecular formula is C16H11BrClN7O4. The molecule has 3 rings (SSSR count). The van der Waals surface area contributed by atoms with Gasteiger partial charge in [0, 0.05) is 10.0 Å². The second-order valence-corrected chi connectivity index (χ2v) is 6.79. The van der Waals surface area contributed by atoms with E-state index in [1.807, 2.05) is 4.98 Å². The van der Waals surface area contributed by atoms with Gasteiger partial charge in [0.05, 0.1) is 15.2 Å². The number of aromatic amines is 2. The monoisotopic (exact) mass is 482 g/mol. The summed E-state index contributed by atoms with van der Waals surface area (Å²) in [6, 6.07) is 3.80. The van der Waals surface area contributed by atoms with Crippen molar-refractivity contribution in [2.75, 3.05) is 0 Å². The summed E-state index contributed by atoms with van der Waals surface area (Å²) in [6.07, 6.45) is 0. The molecule has 0 aliphatic rings. The minimum atomic E-state index is -2.47. The van der Waals surface area contributed by atoms with Crippen LogP contribution >= 0.6 is 27.5 Å². The molecule has 1 unspecified atom stereocenters. The summed E-state index contributed by atoms with van der Waals surface area (Å²) in [5.41, 5.74) is -3.36. The zero-order valence-corrected chi connectivity index (χ0v) is 16.7. The van der Waals surface area contributed by atoms with Crippen molar-refractivity contribution >= 4 is 27.5 Å². The molecule has 0 fully saturated rings. The summed E-state index contributed by atoms with van der Waals surface area (Å²) in [5.74, 6) is -1.21. The number of halogens is 2. The largest absolute Gasteiger partial charge is 0.420 e. The Kier molecular flexibility index (Phi) is 4.58. The molecule has 0 spiro atoms. The fourth-order valence-corrected chi connectivity index (χ4v) is 3.07. The van der Waals surface area contributed by atoms with E-state index in [9.17, 15) is 14.4 Å². The summed E-state index contributed by atoms with van der Waals surface area (Å²) in [4.78, 5) is 41.4. The molecule has 13 heteroatoms. The Bertz CT molecular complexity index is 1400. The van der Waals surface area contributed by atoms with Gasteiger partial charge in [-0.2, -0.15) is 14.9 Å². The highest BCUT2D eigenvalue weighted by Gasteiger charge is 2.17. The Labute approximate surface area is 179 Å². The second kappa shape index (κ2) is 7.98. The van der Waals surface area contributed by atoms with Crippen molar-refractivity contribution in [3.05, 3.63) is 64.2 Å². The highest BCUT2D eigenvalue weighted by Crippen LogP contribution is 2.37. The van der Waals surface area contributed by atoms with Crippen molar-refractivity contribution in [3.63, 3.8) is 0 Å². The van der Waals surface area contributed by atoms with Crippen molar-refractivity contribution in [2.24, 2.45) is 0 Å². The quantitative estimate of drug-likeness (QED) is 0.566. The number of ether oxygens (including phenoxy) is 1. The fourth-order valence-electron chi connectivity index (χ4n) is 2.18. The van der Waals surface area contributed by atoms with E-state index in [0.717, 1.165) is 4.68 Å². The predicted molar refractivity (Wildman–Crippen MR) is 105 cm³/mol. The summed E-state index contributed by atoms with van der Waals surface area (Å²) in [6.45, 7) is -1.16. The van der Waals surface area contributed by atoms with Gasteiger partial charge in [-0.05, 0) is 28.1 Å². The smallest absolute Gasteiger partial charge is 0.349 e. The van der Waals surface area contributed by atoms with Crippen molar-refractivity contribution in [3.8, 4) is 23.5 Å². The standard InChI is InChI=1S/C16H11BrClN7O4/c1-6(2)11-14(27)22-23-15(20-11)29-12-8(17)3-7(4-9(12)18)25-16(28)21-13(26)10(5-19)24-25/h3-4,6H,1-2H3,(H,22,27)(H,21,26,28)/i1D3. The second-order valence-electron chi connectivity index (χ2n) is 5.53. The first kappa shape index (κ1) is 16.6. The molecule has 3 aromatic rings. The Hall–Kier alpha value is -3.30. The van der Waals surface area contributed by atoms with E-state index in [-0.39, 0.29) is 32.6 Å². The van der Waals surface area contributed by atoms with E-state index in [1.54, 1.807) is 6.07 Å². The van der Waals surface area contributed by atoms with Gasteiger partial charge in [-0.3, -0.25) is 14.6 Å². The zero-order chi connectivity index (χ0) is 23.8. The molecule has 0 aliphatic heterocycles. The third-order valence-electron chi connectivity index (χ3n) is 3.47. The van der Waals surface area contributed by atoms with Crippen molar-refractivity contribution in [1.29, 1.82) is 5.26 Å². The first-order valence-corrected chi connectivity index (χ1v) is 8.87. The van der Waals surface area contributed by atoms with Gasteiger partial charge in [0.25, 0.3) is 11.1 Å². The van der Waals surface area contributed by atoms with E-state index >= 15 is 0 Å². The average Bonchev–Trinajstić information content (AvgIpc) is 2.70. The van der Waals surface area contributed by atoms with Crippen molar-refractivity contribution in [2.45, 2.75) is 19.7 Å². The van der Waals surface area contributed by atoms with E-state index in [2.05, 4.69) is 36.2 Å². The zero-order valence-electron chi connectivity index (χ0n) is 17.4. The maximum Gasteiger partial charge on any atom is 0.349 e. The molecule has 2 aromatic heterocycles. The topological polar surface area (TPSA) is 159 Å². The van der Waals surface area contributed by atoms with E-state index in [1.165, 1.54) is 19.1 Å². The molecular weight excluding hydrogens is 470 g/mol. The SMILES string of the molecule is [2H]C([2H])([2H])C(C)c1nc(Oc2c(Cl)cc(-n3nc(C#N)c(=O)[nH]c3=O)cc2Br)n[nH]c1=O. The number of aromatic nitrogens is 6. The molecule has 0 saturated heterocycles. The summed E-state index contributed by atoms with van der Waals surface area (Å²) >= 11 is 9.46. The Morgan fingerprint density at radius 3 is 2.79 bits per heavy atom. The lowest BCUT2D eigenvalue weighted by atomic mass is 10.1. The van der Waals surface area contributed by atoms with E-state index < -0.39 is 35.3 Å². The number of benzene rings is 1. The van der Waals surface area contributed by atoms with Crippen LogP contribution in [0.4, 0.5) is 0 Å². The first-order chi connectivity index (χ1) is 14.9. The molecule has 2 heterocycles. The third-order valence-corrected chi connectivity index (χ3v) is 4.34. The molecule has 11 nitrogen and oxygen atoms in total. The van der Waals surface area contributed by atoms with Gasteiger partial charge < -0.3 is 4.74 Å². The van der Waals surface area contributed by atoms with E-state index in [0.29, 0.717) is 0 Å². The maximum atomic E-state index is 12.1. The summed E-state index contributed by atoms with van der Waals surface area (Å²) < 4.78 is 28.9. The number of rotatable bonds is 4. The fraction of sp³-hybridized carbons (Fsp3) is 0.188. The highest BCUT2D eigenvalue weighted by molar-refractivity contribution is 9.10. The number of hydrogen-bond donors (Lipinski definition) is 2. The number of nitriles is 1. The van der Waals surface area contributed by atoms with Crippen LogP contribution in [0.2, 0.25) is 5.02 Å². The van der Waals surface area contributed by atoms with Crippen LogP contribution in [0.25, 0.3) is 5.69 Å². The van der Waals surface area contributed by atoms with Crippen LogP contribution in [0.3, 0.4) is 0 Å². The lowest BCUT2D eigenvalue weighted by molar-refractivity contribution is 0.424. The molecule has 0 bridgehead atoms. The van der Waals surface area contributed by atoms with Gasteiger partial charge >= 0.3 is 11.7 Å². The predicted octanol–water partition coefficient (Wildman–Crippen LogP) is 1.60. The van der Waals surface area contributed by atoms with Gasteiger partial charge in [-0.1, -0.05) is 25.4 Å². The molecule has 148 valence electrons. The highest BCUT2D eigenvalue weighted by atomic mass is 79.9. The van der Waals surface area contributed by atoms with Gasteiger partial charge in [0.15, 0.2) is 5.75 Å².